The third-order valence-electron chi connectivity index (χ3n) is 3.34. The average molecular weight is 283 g/mol. The Labute approximate surface area is 124 Å². The number of rotatable bonds is 4. The van der Waals surface area contributed by atoms with Crippen LogP contribution in [0.5, 0.6) is 0 Å². The summed E-state index contributed by atoms with van der Waals surface area (Å²) in [5, 5.41) is 8.82. The van der Waals surface area contributed by atoms with Crippen molar-refractivity contribution in [3.63, 3.8) is 0 Å². The van der Waals surface area contributed by atoms with E-state index in [0.717, 1.165) is 5.56 Å². The number of halogens is 1. The highest BCUT2D eigenvalue weighted by molar-refractivity contribution is 5.52. The summed E-state index contributed by atoms with van der Waals surface area (Å²) in [6.07, 6.45) is 0. The molecule has 2 rings (SSSR count). The standard InChI is InChI=1S/C17H18FN3/c1-12(2)21(11-13-3-6-15(20)7-4-13)17-8-5-14(10-19)9-16(17)18/h3-9,12H,11,20H2,1-2H3. The van der Waals surface area contributed by atoms with Gasteiger partial charge in [0, 0.05) is 18.3 Å². The fraction of sp³-hybridized carbons (Fsp3) is 0.235. The van der Waals surface area contributed by atoms with Gasteiger partial charge in [-0.25, -0.2) is 4.39 Å². The van der Waals surface area contributed by atoms with Crippen LogP contribution in [-0.2, 0) is 6.54 Å². The number of nitriles is 1. The minimum Gasteiger partial charge on any atom is -0.399 e. The molecule has 0 fully saturated rings. The Bertz CT molecular complexity index is 657. The fourth-order valence-electron chi connectivity index (χ4n) is 2.18. The Hall–Kier alpha value is -2.54. The van der Waals surface area contributed by atoms with Gasteiger partial charge in [0.15, 0.2) is 0 Å². The van der Waals surface area contributed by atoms with E-state index in [1.807, 2.05) is 49.1 Å². The quantitative estimate of drug-likeness (QED) is 0.871. The van der Waals surface area contributed by atoms with Gasteiger partial charge in [0.05, 0.1) is 17.3 Å². The van der Waals surface area contributed by atoms with Crippen molar-refractivity contribution < 1.29 is 4.39 Å². The number of hydrogen-bond donors (Lipinski definition) is 1. The predicted molar refractivity (Wildman–Crippen MR) is 83.3 cm³/mol. The van der Waals surface area contributed by atoms with Crippen LogP contribution in [0.2, 0.25) is 0 Å². The van der Waals surface area contributed by atoms with E-state index in [1.165, 1.54) is 6.07 Å². The van der Waals surface area contributed by atoms with Crippen molar-refractivity contribution in [2.24, 2.45) is 0 Å². The molecule has 0 spiro atoms. The Morgan fingerprint density at radius 2 is 1.86 bits per heavy atom. The van der Waals surface area contributed by atoms with Gasteiger partial charge >= 0.3 is 0 Å². The summed E-state index contributed by atoms with van der Waals surface area (Å²) in [6.45, 7) is 4.60. The van der Waals surface area contributed by atoms with Crippen LogP contribution in [0, 0.1) is 17.1 Å². The van der Waals surface area contributed by atoms with E-state index in [2.05, 4.69) is 0 Å². The minimum atomic E-state index is -0.377. The summed E-state index contributed by atoms with van der Waals surface area (Å²) in [6, 6.07) is 14.2. The molecule has 4 heteroatoms. The van der Waals surface area contributed by atoms with Crippen molar-refractivity contribution in [2.45, 2.75) is 26.4 Å². The normalized spacial score (nSPS) is 10.4. The number of benzene rings is 2. The highest BCUT2D eigenvalue weighted by Crippen LogP contribution is 2.24. The van der Waals surface area contributed by atoms with E-state index >= 15 is 0 Å². The lowest BCUT2D eigenvalue weighted by molar-refractivity contribution is 0.598. The second-order valence-corrected chi connectivity index (χ2v) is 5.24. The third kappa shape index (κ3) is 3.51. The molecule has 2 N–H and O–H groups in total. The number of anilines is 2. The van der Waals surface area contributed by atoms with Crippen molar-refractivity contribution in [1.29, 1.82) is 5.26 Å². The first-order valence-electron chi connectivity index (χ1n) is 6.82. The first-order valence-corrected chi connectivity index (χ1v) is 6.82. The molecular weight excluding hydrogens is 265 g/mol. The number of hydrogen-bond acceptors (Lipinski definition) is 3. The first-order chi connectivity index (χ1) is 10.0. The molecule has 2 aromatic rings. The lowest BCUT2D eigenvalue weighted by Crippen LogP contribution is -2.30. The molecule has 0 aromatic heterocycles. The first kappa shape index (κ1) is 14.9. The Balaban J connectivity index is 2.31. The van der Waals surface area contributed by atoms with Gasteiger partial charge in [-0.1, -0.05) is 12.1 Å². The van der Waals surface area contributed by atoms with Gasteiger partial charge in [0.1, 0.15) is 5.82 Å². The average Bonchev–Trinajstić information content (AvgIpc) is 2.46. The molecule has 0 bridgehead atoms. The highest BCUT2D eigenvalue weighted by atomic mass is 19.1. The molecule has 0 aliphatic rings. The van der Waals surface area contributed by atoms with E-state index in [1.54, 1.807) is 12.1 Å². The molecule has 2 aromatic carbocycles. The third-order valence-corrected chi connectivity index (χ3v) is 3.34. The molecular formula is C17H18FN3. The van der Waals surface area contributed by atoms with Gasteiger partial charge in [0.25, 0.3) is 0 Å². The summed E-state index contributed by atoms with van der Waals surface area (Å²) in [5.74, 6) is -0.377. The lowest BCUT2D eigenvalue weighted by Gasteiger charge is -2.29. The second-order valence-electron chi connectivity index (χ2n) is 5.24. The summed E-state index contributed by atoms with van der Waals surface area (Å²) in [7, 11) is 0. The van der Waals surface area contributed by atoms with Gasteiger partial charge in [-0.15, -0.1) is 0 Å². The zero-order valence-electron chi connectivity index (χ0n) is 12.2. The maximum Gasteiger partial charge on any atom is 0.147 e. The van der Waals surface area contributed by atoms with Crippen molar-refractivity contribution in [3.05, 3.63) is 59.4 Å². The molecule has 0 radical (unpaired) electrons. The van der Waals surface area contributed by atoms with Gasteiger partial charge in [-0.3, -0.25) is 0 Å². The van der Waals surface area contributed by atoms with Gasteiger partial charge in [0.2, 0.25) is 0 Å². The molecule has 0 saturated carbocycles. The summed E-state index contributed by atoms with van der Waals surface area (Å²) in [5.41, 5.74) is 8.27. The van der Waals surface area contributed by atoms with Gasteiger partial charge in [-0.2, -0.15) is 5.26 Å². The van der Waals surface area contributed by atoms with Crippen LogP contribution >= 0.6 is 0 Å². The van der Waals surface area contributed by atoms with Crippen LogP contribution < -0.4 is 10.6 Å². The number of nitrogens with two attached hydrogens (primary N) is 1. The molecule has 0 aliphatic carbocycles. The highest BCUT2D eigenvalue weighted by Gasteiger charge is 2.15. The van der Waals surface area contributed by atoms with Crippen molar-refractivity contribution in [2.75, 3.05) is 10.6 Å². The molecule has 0 amide bonds. The number of nitrogen functional groups attached to an aromatic ring is 1. The smallest absolute Gasteiger partial charge is 0.147 e. The largest absolute Gasteiger partial charge is 0.399 e. The molecule has 3 nitrogen and oxygen atoms in total. The van der Waals surface area contributed by atoms with Crippen LogP contribution in [0.1, 0.15) is 25.0 Å². The van der Waals surface area contributed by atoms with E-state index in [0.29, 0.717) is 23.5 Å². The van der Waals surface area contributed by atoms with Gasteiger partial charge < -0.3 is 10.6 Å². The van der Waals surface area contributed by atoms with Crippen molar-refractivity contribution >= 4 is 11.4 Å². The van der Waals surface area contributed by atoms with Crippen molar-refractivity contribution in [3.8, 4) is 6.07 Å². The monoisotopic (exact) mass is 283 g/mol. The fourth-order valence-corrected chi connectivity index (χ4v) is 2.18. The van der Waals surface area contributed by atoms with Crippen LogP contribution in [0.15, 0.2) is 42.5 Å². The van der Waals surface area contributed by atoms with E-state index in [9.17, 15) is 4.39 Å². The second kappa shape index (κ2) is 6.27. The molecule has 21 heavy (non-hydrogen) atoms. The topological polar surface area (TPSA) is 53.0 Å². The summed E-state index contributed by atoms with van der Waals surface area (Å²) in [4.78, 5) is 1.96. The van der Waals surface area contributed by atoms with E-state index in [-0.39, 0.29) is 11.9 Å². The van der Waals surface area contributed by atoms with E-state index < -0.39 is 0 Å². The Morgan fingerprint density at radius 3 is 2.38 bits per heavy atom. The lowest BCUT2D eigenvalue weighted by atomic mass is 10.1. The Morgan fingerprint density at radius 1 is 1.19 bits per heavy atom. The van der Waals surface area contributed by atoms with Crippen LogP contribution in [0.3, 0.4) is 0 Å². The van der Waals surface area contributed by atoms with Gasteiger partial charge in [-0.05, 0) is 49.7 Å². The predicted octanol–water partition coefficient (Wildman–Crippen LogP) is 3.69. The molecule has 0 aliphatic heterocycles. The van der Waals surface area contributed by atoms with Crippen LogP contribution in [0.25, 0.3) is 0 Å². The maximum absolute atomic E-state index is 14.2. The molecule has 0 saturated heterocycles. The summed E-state index contributed by atoms with van der Waals surface area (Å²) < 4.78 is 14.2. The molecule has 108 valence electrons. The maximum atomic E-state index is 14.2. The number of nitrogens with zero attached hydrogens (tertiary/aromatic N) is 2. The van der Waals surface area contributed by atoms with E-state index in [4.69, 9.17) is 11.0 Å². The van der Waals surface area contributed by atoms with Crippen LogP contribution in [-0.4, -0.2) is 6.04 Å². The zero-order chi connectivity index (χ0) is 15.4. The summed E-state index contributed by atoms with van der Waals surface area (Å²) >= 11 is 0. The molecule has 0 unspecified atom stereocenters. The zero-order valence-corrected chi connectivity index (χ0v) is 12.2. The Kier molecular flexibility index (Phi) is 4.44. The SMILES string of the molecule is CC(C)N(Cc1ccc(N)cc1)c1ccc(C#N)cc1F. The molecule has 0 atom stereocenters. The van der Waals surface area contributed by atoms with Crippen LogP contribution in [0.4, 0.5) is 15.8 Å². The molecule has 0 heterocycles. The van der Waals surface area contributed by atoms with Crippen molar-refractivity contribution in [1.82, 2.24) is 0 Å². The minimum absolute atomic E-state index is 0.130.